The molecule has 2 rings (SSSR count). The van der Waals surface area contributed by atoms with Gasteiger partial charge in [0.1, 0.15) is 5.82 Å². The van der Waals surface area contributed by atoms with Crippen molar-refractivity contribution in [2.24, 2.45) is 0 Å². The standard InChI is InChI=1S/C15H12FNOS/c16-15-7-6-13(9-17)8-14(15)11-19(18)10-12-4-2-1-3-5-12/h1-8H,10-11H2. The monoisotopic (exact) mass is 273 g/mol. The molecule has 0 amide bonds. The highest BCUT2D eigenvalue weighted by atomic mass is 32.2. The fraction of sp³-hybridized carbons (Fsp3) is 0.133. The van der Waals surface area contributed by atoms with Crippen molar-refractivity contribution in [1.82, 2.24) is 0 Å². The van der Waals surface area contributed by atoms with E-state index in [4.69, 9.17) is 5.26 Å². The zero-order valence-electron chi connectivity index (χ0n) is 10.2. The van der Waals surface area contributed by atoms with Crippen molar-refractivity contribution in [3.05, 3.63) is 71.0 Å². The molecule has 0 aliphatic rings. The molecular weight excluding hydrogens is 261 g/mol. The molecule has 2 aromatic rings. The molecule has 0 N–H and O–H groups in total. The number of halogens is 1. The predicted molar refractivity (Wildman–Crippen MR) is 73.1 cm³/mol. The first-order valence-corrected chi connectivity index (χ1v) is 7.25. The lowest BCUT2D eigenvalue weighted by atomic mass is 10.1. The second kappa shape index (κ2) is 6.26. The fourth-order valence-electron chi connectivity index (χ4n) is 1.74. The van der Waals surface area contributed by atoms with E-state index < -0.39 is 16.6 Å². The summed E-state index contributed by atoms with van der Waals surface area (Å²) in [6.45, 7) is 0. The van der Waals surface area contributed by atoms with Crippen molar-refractivity contribution in [3.63, 3.8) is 0 Å². The van der Waals surface area contributed by atoms with Gasteiger partial charge in [0.05, 0.1) is 17.4 Å². The second-order valence-corrected chi connectivity index (χ2v) is 5.59. The highest BCUT2D eigenvalue weighted by Gasteiger charge is 2.08. The van der Waals surface area contributed by atoms with Gasteiger partial charge in [-0.25, -0.2) is 4.39 Å². The molecule has 2 aromatic carbocycles. The van der Waals surface area contributed by atoms with Crippen LogP contribution in [0.15, 0.2) is 48.5 Å². The molecule has 0 aromatic heterocycles. The third-order valence-electron chi connectivity index (χ3n) is 2.66. The number of benzene rings is 2. The van der Waals surface area contributed by atoms with Gasteiger partial charge in [-0.15, -0.1) is 0 Å². The van der Waals surface area contributed by atoms with Gasteiger partial charge in [0.25, 0.3) is 0 Å². The van der Waals surface area contributed by atoms with E-state index in [-0.39, 0.29) is 5.75 Å². The molecule has 0 fully saturated rings. The lowest BCUT2D eigenvalue weighted by Crippen LogP contribution is -2.02. The largest absolute Gasteiger partial charge is 0.259 e. The van der Waals surface area contributed by atoms with Crippen molar-refractivity contribution in [2.45, 2.75) is 11.5 Å². The van der Waals surface area contributed by atoms with E-state index in [1.165, 1.54) is 18.2 Å². The zero-order chi connectivity index (χ0) is 13.7. The van der Waals surface area contributed by atoms with Crippen molar-refractivity contribution < 1.29 is 8.60 Å². The topological polar surface area (TPSA) is 40.9 Å². The molecule has 0 aliphatic carbocycles. The summed E-state index contributed by atoms with van der Waals surface area (Å²) >= 11 is 0. The third-order valence-corrected chi connectivity index (χ3v) is 3.95. The van der Waals surface area contributed by atoms with Crippen LogP contribution in [0.1, 0.15) is 16.7 Å². The molecular formula is C15H12FNOS. The second-order valence-electron chi connectivity index (χ2n) is 4.13. The smallest absolute Gasteiger partial charge is 0.127 e. The number of nitriles is 1. The Labute approximate surface area is 114 Å². The maximum Gasteiger partial charge on any atom is 0.127 e. The first-order chi connectivity index (χ1) is 9.19. The van der Waals surface area contributed by atoms with E-state index in [0.717, 1.165) is 5.56 Å². The Kier molecular flexibility index (Phi) is 4.43. The molecule has 2 nitrogen and oxygen atoms in total. The van der Waals surface area contributed by atoms with Gasteiger partial charge < -0.3 is 0 Å². The summed E-state index contributed by atoms with van der Waals surface area (Å²) in [6, 6.07) is 15.5. The maximum atomic E-state index is 13.6. The van der Waals surface area contributed by atoms with Crippen LogP contribution in [-0.4, -0.2) is 4.21 Å². The van der Waals surface area contributed by atoms with E-state index >= 15 is 0 Å². The minimum absolute atomic E-state index is 0.121. The van der Waals surface area contributed by atoms with Crippen LogP contribution in [0.3, 0.4) is 0 Å². The summed E-state index contributed by atoms with van der Waals surface area (Å²) < 4.78 is 25.6. The molecule has 0 heterocycles. The van der Waals surface area contributed by atoms with E-state index in [2.05, 4.69) is 0 Å². The molecule has 96 valence electrons. The molecule has 0 saturated carbocycles. The Bertz CT molecular complexity index is 634. The number of hydrogen-bond acceptors (Lipinski definition) is 2. The van der Waals surface area contributed by atoms with Gasteiger partial charge in [0.15, 0.2) is 0 Å². The highest BCUT2D eigenvalue weighted by molar-refractivity contribution is 7.83. The first kappa shape index (κ1) is 13.4. The lowest BCUT2D eigenvalue weighted by molar-refractivity contribution is 0.615. The average Bonchev–Trinajstić information content (AvgIpc) is 2.42. The molecule has 0 aliphatic heterocycles. The predicted octanol–water partition coefficient (Wildman–Crippen LogP) is 3.15. The summed E-state index contributed by atoms with van der Waals surface area (Å²) in [6.07, 6.45) is 0. The molecule has 0 radical (unpaired) electrons. The van der Waals surface area contributed by atoms with Crippen LogP contribution >= 0.6 is 0 Å². The van der Waals surface area contributed by atoms with Gasteiger partial charge in [-0.2, -0.15) is 5.26 Å². The molecule has 0 bridgehead atoms. The summed E-state index contributed by atoms with van der Waals surface area (Å²) in [5.41, 5.74) is 1.67. The third kappa shape index (κ3) is 3.73. The van der Waals surface area contributed by atoms with Gasteiger partial charge in [0.2, 0.25) is 0 Å². The van der Waals surface area contributed by atoms with Gasteiger partial charge in [-0.1, -0.05) is 30.3 Å². The van der Waals surface area contributed by atoms with Crippen molar-refractivity contribution >= 4 is 10.8 Å². The summed E-state index contributed by atoms with van der Waals surface area (Å²) in [5.74, 6) is 0.0910. The Hall–Kier alpha value is -1.99. The molecule has 0 spiro atoms. The minimum atomic E-state index is -1.19. The summed E-state index contributed by atoms with van der Waals surface area (Å²) in [5, 5.41) is 8.77. The molecule has 19 heavy (non-hydrogen) atoms. The Morgan fingerprint density at radius 2 is 1.84 bits per heavy atom. The van der Waals surface area contributed by atoms with Crippen LogP contribution in [-0.2, 0) is 22.3 Å². The quantitative estimate of drug-likeness (QED) is 0.858. The number of hydrogen-bond donors (Lipinski definition) is 0. The fourth-order valence-corrected chi connectivity index (χ4v) is 2.97. The van der Waals surface area contributed by atoms with Gasteiger partial charge in [-0.3, -0.25) is 4.21 Å². The van der Waals surface area contributed by atoms with Crippen LogP contribution < -0.4 is 0 Å². The van der Waals surface area contributed by atoms with Crippen LogP contribution in [0.4, 0.5) is 4.39 Å². The summed E-state index contributed by atoms with van der Waals surface area (Å²) in [4.78, 5) is 0. The zero-order valence-corrected chi connectivity index (χ0v) is 11.0. The number of nitrogens with zero attached hydrogens (tertiary/aromatic N) is 1. The van der Waals surface area contributed by atoms with Crippen molar-refractivity contribution in [3.8, 4) is 6.07 Å². The van der Waals surface area contributed by atoms with E-state index in [9.17, 15) is 8.60 Å². The SMILES string of the molecule is N#Cc1ccc(F)c(CS(=O)Cc2ccccc2)c1. The van der Waals surface area contributed by atoms with Crippen LogP contribution in [0.25, 0.3) is 0 Å². The molecule has 4 heteroatoms. The van der Waals surface area contributed by atoms with Crippen molar-refractivity contribution in [1.29, 1.82) is 5.26 Å². The van der Waals surface area contributed by atoms with Crippen LogP contribution in [0.5, 0.6) is 0 Å². The van der Waals surface area contributed by atoms with Crippen molar-refractivity contribution in [2.75, 3.05) is 0 Å². The van der Waals surface area contributed by atoms with E-state index in [1.54, 1.807) is 0 Å². The average molecular weight is 273 g/mol. The minimum Gasteiger partial charge on any atom is -0.259 e. The van der Waals surface area contributed by atoms with Crippen LogP contribution in [0, 0.1) is 17.1 Å². The van der Waals surface area contributed by atoms with Crippen LogP contribution in [0.2, 0.25) is 0 Å². The van der Waals surface area contributed by atoms with E-state index in [1.807, 2.05) is 36.4 Å². The van der Waals surface area contributed by atoms with Gasteiger partial charge in [0, 0.05) is 22.1 Å². The molecule has 0 saturated heterocycles. The number of rotatable bonds is 4. The maximum absolute atomic E-state index is 13.6. The normalized spacial score (nSPS) is 11.8. The lowest BCUT2D eigenvalue weighted by Gasteiger charge is -2.04. The Balaban J connectivity index is 2.09. The molecule has 1 unspecified atom stereocenters. The molecule has 1 atom stereocenters. The summed E-state index contributed by atoms with van der Waals surface area (Å²) in [7, 11) is -1.19. The van der Waals surface area contributed by atoms with Gasteiger partial charge in [-0.05, 0) is 23.8 Å². The van der Waals surface area contributed by atoms with E-state index in [0.29, 0.717) is 16.9 Å². The Morgan fingerprint density at radius 1 is 1.11 bits per heavy atom. The van der Waals surface area contributed by atoms with Gasteiger partial charge >= 0.3 is 0 Å². The Morgan fingerprint density at radius 3 is 2.53 bits per heavy atom. The first-order valence-electron chi connectivity index (χ1n) is 5.76. The highest BCUT2D eigenvalue weighted by Crippen LogP contribution is 2.14.